The van der Waals surface area contributed by atoms with Gasteiger partial charge in [0.05, 0.1) is 11.1 Å². The summed E-state index contributed by atoms with van der Waals surface area (Å²) in [7, 11) is -2.91. The molecule has 0 radical (unpaired) electrons. The van der Waals surface area contributed by atoms with Gasteiger partial charge in [-0.15, -0.1) is 0 Å². The van der Waals surface area contributed by atoms with Crippen LogP contribution in [0.4, 0.5) is 0 Å². The van der Waals surface area contributed by atoms with Crippen LogP contribution in [0, 0.1) is 0 Å². The highest BCUT2D eigenvalue weighted by atomic mass is 79.9. The maximum Gasteiger partial charge on any atom is 0.488 e. The number of pyridine rings is 2. The molecular weight excluding hydrogens is 562 g/mol. The van der Waals surface area contributed by atoms with Crippen molar-refractivity contribution >= 4 is 25.2 Å². The minimum atomic E-state index is -1.45. The van der Waals surface area contributed by atoms with Crippen LogP contribution in [-0.2, 0) is 13.1 Å². The van der Waals surface area contributed by atoms with Gasteiger partial charge in [-0.25, -0.2) is 9.13 Å². The maximum atomic E-state index is 9.24. The first-order valence-electron chi connectivity index (χ1n) is 10.4. The Bertz CT molecular complexity index is 1100. The second-order valence-electron chi connectivity index (χ2n) is 7.76. The summed E-state index contributed by atoms with van der Waals surface area (Å²) >= 11 is 0. The number of nitrogens with zero attached hydrogens (tertiary/aromatic N) is 2. The van der Waals surface area contributed by atoms with Gasteiger partial charge in [-0.3, -0.25) is 0 Å². The third-order valence-electron chi connectivity index (χ3n) is 5.34. The van der Waals surface area contributed by atoms with Crippen LogP contribution < -0.4 is 54.0 Å². The fourth-order valence-electron chi connectivity index (χ4n) is 3.59. The van der Waals surface area contributed by atoms with Crippen molar-refractivity contribution in [3.8, 4) is 11.1 Å². The Kier molecular flexibility index (Phi) is 10.6. The summed E-state index contributed by atoms with van der Waals surface area (Å²) in [5, 5.41) is 37.0. The topological polar surface area (TPSA) is 88.7 Å². The number of aromatic nitrogens is 2. The molecule has 0 fully saturated rings. The highest BCUT2D eigenvalue weighted by Crippen LogP contribution is 2.15. The van der Waals surface area contributed by atoms with Gasteiger partial charge in [-0.1, -0.05) is 48.5 Å². The lowest BCUT2D eigenvalue weighted by molar-refractivity contribution is -0.689. The van der Waals surface area contributed by atoms with E-state index < -0.39 is 14.2 Å². The number of hydrogen-bond donors (Lipinski definition) is 4. The van der Waals surface area contributed by atoms with Gasteiger partial charge in [0.1, 0.15) is 0 Å². The summed E-state index contributed by atoms with van der Waals surface area (Å²) < 4.78 is 4.19. The molecule has 0 saturated carbocycles. The minimum Gasteiger partial charge on any atom is -1.00 e. The van der Waals surface area contributed by atoms with Crippen molar-refractivity contribution in [1.29, 1.82) is 0 Å². The van der Waals surface area contributed by atoms with Crippen molar-refractivity contribution < 1.29 is 63.2 Å². The molecule has 0 aliphatic heterocycles. The Morgan fingerprint density at radius 3 is 1.21 bits per heavy atom. The first kappa shape index (κ1) is 27.9. The molecule has 10 heteroatoms. The van der Waals surface area contributed by atoms with Crippen LogP contribution in [0.1, 0.15) is 11.1 Å². The summed E-state index contributed by atoms with van der Waals surface area (Å²) in [4.78, 5) is 0. The van der Waals surface area contributed by atoms with E-state index in [-0.39, 0.29) is 34.0 Å². The fraction of sp³-hybridized carbons (Fsp3) is 0.0833. The molecule has 0 saturated heterocycles. The number of halogens is 2. The minimum absolute atomic E-state index is 0. The van der Waals surface area contributed by atoms with Crippen LogP contribution in [0.3, 0.4) is 0 Å². The van der Waals surface area contributed by atoms with E-state index in [2.05, 4.69) is 33.7 Å². The summed E-state index contributed by atoms with van der Waals surface area (Å²) in [5.41, 5.74) is 5.25. The van der Waals surface area contributed by atoms with E-state index in [1.54, 1.807) is 24.3 Å². The number of hydrogen-bond acceptors (Lipinski definition) is 4. The highest BCUT2D eigenvalue weighted by Gasteiger charge is 2.14. The largest absolute Gasteiger partial charge is 1.00 e. The average molecular weight is 586 g/mol. The Balaban J connectivity index is 0.00000204. The van der Waals surface area contributed by atoms with Crippen LogP contribution in [0.5, 0.6) is 0 Å². The zero-order valence-corrected chi connectivity index (χ0v) is 21.4. The summed E-state index contributed by atoms with van der Waals surface area (Å²) in [5.74, 6) is 0. The summed E-state index contributed by atoms with van der Waals surface area (Å²) in [6.07, 6.45) is 8.19. The molecule has 0 amide bonds. The van der Waals surface area contributed by atoms with Crippen LogP contribution in [-0.4, -0.2) is 34.3 Å². The van der Waals surface area contributed by atoms with Gasteiger partial charge in [-0.2, -0.15) is 0 Å². The molecule has 0 spiro atoms. The van der Waals surface area contributed by atoms with Crippen LogP contribution in [0.25, 0.3) is 11.1 Å². The fourth-order valence-corrected chi connectivity index (χ4v) is 3.59. The first-order valence-corrected chi connectivity index (χ1v) is 10.4. The molecule has 0 unspecified atom stereocenters. The zero-order valence-electron chi connectivity index (χ0n) is 18.2. The molecule has 2 aromatic carbocycles. The normalized spacial score (nSPS) is 10.1. The lowest BCUT2D eigenvalue weighted by Crippen LogP contribution is -3.00. The second kappa shape index (κ2) is 12.9. The predicted octanol–water partition coefficient (Wildman–Crippen LogP) is -6.61. The quantitative estimate of drug-likeness (QED) is 0.128. The van der Waals surface area contributed by atoms with Crippen molar-refractivity contribution in [3.05, 3.63) is 109 Å². The third kappa shape index (κ3) is 7.33. The van der Waals surface area contributed by atoms with Gasteiger partial charge in [-0.05, 0) is 23.1 Å². The molecule has 0 bridgehead atoms. The highest BCUT2D eigenvalue weighted by molar-refractivity contribution is 6.58. The predicted molar refractivity (Wildman–Crippen MR) is 123 cm³/mol. The van der Waals surface area contributed by atoms with Gasteiger partial charge in [0, 0.05) is 23.3 Å². The molecule has 174 valence electrons. The molecule has 0 atom stereocenters. The average Bonchev–Trinajstić information content (AvgIpc) is 2.80. The van der Waals surface area contributed by atoms with E-state index >= 15 is 0 Å². The van der Waals surface area contributed by atoms with Crippen LogP contribution in [0.15, 0.2) is 97.6 Å². The zero-order chi connectivity index (χ0) is 22.5. The molecule has 0 aliphatic carbocycles. The lowest BCUT2D eigenvalue weighted by atomic mass is 9.80. The van der Waals surface area contributed by atoms with E-state index in [1.807, 2.05) is 48.8 Å². The number of rotatable bonds is 7. The second-order valence-corrected chi connectivity index (χ2v) is 7.76. The molecule has 2 aromatic heterocycles. The van der Waals surface area contributed by atoms with Gasteiger partial charge in [0.25, 0.3) is 0 Å². The Labute approximate surface area is 220 Å². The van der Waals surface area contributed by atoms with Crippen LogP contribution in [0.2, 0.25) is 0 Å². The van der Waals surface area contributed by atoms with Gasteiger partial charge < -0.3 is 54.1 Å². The molecule has 6 nitrogen and oxygen atoms in total. The lowest BCUT2D eigenvalue weighted by Gasteiger charge is -2.04. The smallest absolute Gasteiger partial charge is 0.488 e. The van der Waals surface area contributed by atoms with Crippen molar-refractivity contribution in [2.24, 2.45) is 0 Å². The van der Waals surface area contributed by atoms with Crippen molar-refractivity contribution in [3.63, 3.8) is 0 Å². The third-order valence-corrected chi connectivity index (χ3v) is 5.34. The summed E-state index contributed by atoms with van der Waals surface area (Å²) in [6.45, 7) is 1.34. The summed E-state index contributed by atoms with van der Waals surface area (Å²) in [6, 6.07) is 22.6. The molecule has 0 aliphatic rings. The van der Waals surface area contributed by atoms with Crippen LogP contribution >= 0.6 is 0 Å². The van der Waals surface area contributed by atoms with Gasteiger partial charge in [0.15, 0.2) is 37.9 Å². The van der Waals surface area contributed by atoms with Crippen molar-refractivity contribution in [1.82, 2.24) is 0 Å². The Morgan fingerprint density at radius 1 is 0.529 bits per heavy atom. The molecule has 34 heavy (non-hydrogen) atoms. The van der Waals surface area contributed by atoms with Crippen molar-refractivity contribution in [2.45, 2.75) is 13.1 Å². The van der Waals surface area contributed by atoms with E-state index in [0.29, 0.717) is 24.0 Å². The Morgan fingerprint density at radius 2 is 0.882 bits per heavy atom. The Hall–Kier alpha value is -2.33. The monoisotopic (exact) mass is 584 g/mol. The van der Waals surface area contributed by atoms with E-state index in [1.165, 1.54) is 0 Å². The van der Waals surface area contributed by atoms with Gasteiger partial charge >= 0.3 is 14.2 Å². The molecule has 2 heterocycles. The standard InChI is InChI=1S/C24H24B2N2O4.2BrH/c29-25(30)23-9-5-19(6-10-23)15-27-13-1-3-21(17-27)22-4-2-14-28(18-22)16-20-7-11-24(12-8-20)26(31)32;;/h1-14,17-18,29-32H,15-16H2;2*1H/q+2;;/p-2. The maximum absolute atomic E-state index is 9.24. The molecular formula is C24H24B2Br2N2O4. The molecule has 4 aromatic rings. The molecule has 4 N–H and O–H groups in total. The van der Waals surface area contributed by atoms with Crippen molar-refractivity contribution in [2.75, 3.05) is 0 Å². The van der Waals surface area contributed by atoms with Gasteiger partial charge in [0.2, 0.25) is 0 Å². The van der Waals surface area contributed by atoms with E-state index in [9.17, 15) is 20.1 Å². The number of benzene rings is 2. The SMILES string of the molecule is OB(O)c1ccc(C[n+]2cccc(-c3ccc[n+](Cc4ccc(B(O)O)cc4)c3)c2)cc1.[Br-].[Br-]. The van der Waals surface area contributed by atoms with E-state index in [4.69, 9.17) is 0 Å². The van der Waals surface area contributed by atoms with E-state index in [0.717, 1.165) is 22.3 Å². The molecule has 4 rings (SSSR count). The first-order chi connectivity index (χ1) is 15.5.